The lowest BCUT2D eigenvalue weighted by Gasteiger charge is -2.41. The maximum atomic E-state index is 13.5. The van der Waals surface area contributed by atoms with Crippen molar-refractivity contribution in [1.82, 2.24) is 10.2 Å². The third-order valence-electron chi connectivity index (χ3n) is 5.69. The number of nitrogens with one attached hydrogen (secondary N) is 3. The number of hydrogen-bond acceptors (Lipinski definition) is 7. The number of fused-ring (bicyclic) bond motifs is 1. The van der Waals surface area contributed by atoms with Crippen LogP contribution < -0.4 is 16.0 Å². The van der Waals surface area contributed by atoms with E-state index in [1.165, 1.54) is 0 Å². The quantitative estimate of drug-likeness (QED) is 0.486. The molecule has 1 unspecified atom stereocenters. The zero-order valence-electron chi connectivity index (χ0n) is 20.2. The molecule has 10 heteroatoms. The average molecular weight is 508 g/mol. The summed E-state index contributed by atoms with van der Waals surface area (Å²) in [5.74, 6) is 0.253. The van der Waals surface area contributed by atoms with E-state index < -0.39 is 12.0 Å². The molecule has 2 aliphatic heterocycles. The number of hydrogen-bond donors (Lipinski definition) is 3. The zero-order chi connectivity index (χ0) is 25.5. The van der Waals surface area contributed by atoms with Crippen LogP contribution in [0, 0.1) is 0 Å². The van der Waals surface area contributed by atoms with Gasteiger partial charge in [-0.15, -0.1) is 0 Å². The molecule has 1 atom stereocenters. The molecular formula is C26H29N5O4S. The highest BCUT2D eigenvalue weighted by atomic mass is 32.2. The minimum absolute atomic E-state index is 0.215. The van der Waals surface area contributed by atoms with Gasteiger partial charge >= 0.3 is 12.0 Å². The van der Waals surface area contributed by atoms with E-state index in [0.29, 0.717) is 22.6 Å². The highest BCUT2D eigenvalue weighted by Crippen LogP contribution is 2.40. The van der Waals surface area contributed by atoms with Crippen LogP contribution in [-0.4, -0.2) is 53.4 Å². The fraction of sp³-hybridized carbons (Fsp3) is 0.308. The molecule has 4 rings (SSSR count). The van der Waals surface area contributed by atoms with E-state index in [1.54, 1.807) is 24.8 Å². The van der Waals surface area contributed by atoms with E-state index >= 15 is 0 Å². The van der Waals surface area contributed by atoms with Gasteiger partial charge in [-0.05, 0) is 50.1 Å². The molecule has 0 saturated carbocycles. The number of allylic oxidation sites excluding steroid dienone is 1. The van der Waals surface area contributed by atoms with Gasteiger partial charge in [-0.3, -0.25) is 9.59 Å². The first-order valence-electron chi connectivity index (χ1n) is 11.8. The van der Waals surface area contributed by atoms with Crippen molar-refractivity contribution in [3.63, 3.8) is 0 Å². The highest BCUT2D eigenvalue weighted by Gasteiger charge is 2.37. The van der Waals surface area contributed by atoms with Crippen molar-refractivity contribution in [2.45, 2.75) is 26.3 Å². The Hall–Kier alpha value is -3.79. The first-order chi connectivity index (χ1) is 17.5. The van der Waals surface area contributed by atoms with E-state index in [1.807, 2.05) is 55.5 Å². The van der Waals surface area contributed by atoms with Crippen molar-refractivity contribution in [2.75, 3.05) is 36.1 Å². The molecule has 2 aromatic carbocycles. The van der Waals surface area contributed by atoms with Crippen LogP contribution >= 0.6 is 11.8 Å². The predicted octanol–water partition coefficient (Wildman–Crippen LogP) is 4.13. The second kappa shape index (κ2) is 11.8. The number of para-hydroxylation sites is 1. The van der Waals surface area contributed by atoms with Crippen LogP contribution in [0.15, 0.2) is 70.9 Å². The Morgan fingerprint density at radius 2 is 1.86 bits per heavy atom. The van der Waals surface area contributed by atoms with Crippen LogP contribution in [-0.2, 0) is 14.3 Å². The van der Waals surface area contributed by atoms with Gasteiger partial charge < -0.3 is 25.6 Å². The number of ether oxygens (including phenoxy) is 1. The Labute approximate surface area is 214 Å². The minimum atomic E-state index is -0.520. The summed E-state index contributed by atoms with van der Waals surface area (Å²) < 4.78 is 4.84. The number of amidine groups is 1. The summed E-state index contributed by atoms with van der Waals surface area (Å²) in [6, 6.07) is 15.8. The third-order valence-corrected chi connectivity index (χ3v) is 6.77. The molecule has 2 aliphatic rings. The molecule has 188 valence electrons. The van der Waals surface area contributed by atoms with Crippen LogP contribution in [0.1, 0.15) is 31.9 Å². The number of esters is 1. The van der Waals surface area contributed by atoms with Gasteiger partial charge in [-0.2, -0.15) is 0 Å². The van der Waals surface area contributed by atoms with Crippen LogP contribution in [0.2, 0.25) is 0 Å². The monoisotopic (exact) mass is 507 g/mol. The zero-order valence-corrected chi connectivity index (χ0v) is 21.1. The molecule has 0 bridgehead atoms. The predicted molar refractivity (Wildman–Crippen MR) is 142 cm³/mol. The summed E-state index contributed by atoms with van der Waals surface area (Å²) in [4.78, 5) is 44.3. The second-order valence-electron chi connectivity index (χ2n) is 8.25. The molecule has 9 nitrogen and oxygen atoms in total. The Balaban J connectivity index is 1.60. The topological polar surface area (TPSA) is 112 Å². The largest absolute Gasteiger partial charge is 0.465 e. The summed E-state index contributed by atoms with van der Waals surface area (Å²) in [5, 5.41) is 9.14. The van der Waals surface area contributed by atoms with E-state index in [-0.39, 0.29) is 25.1 Å². The van der Waals surface area contributed by atoms with Gasteiger partial charge in [-0.1, -0.05) is 42.1 Å². The molecule has 0 aromatic heterocycles. The number of rotatable bonds is 7. The molecule has 0 spiro atoms. The van der Waals surface area contributed by atoms with Crippen molar-refractivity contribution in [1.29, 1.82) is 0 Å². The molecule has 1 saturated heterocycles. The Morgan fingerprint density at radius 3 is 2.64 bits per heavy atom. The Morgan fingerprint density at radius 1 is 1.08 bits per heavy atom. The molecule has 36 heavy (non-hydrogen) atoms. The van der Waals surface area contributed by atoms with E-state index in [2.05, 4.69) is 20.9 Å². The normalized spacial score (nSPS) is 17.0. The number of nitrogens with zero attached hydrogens (tertiary/aromatic N) is 2. The highest BCUT2D eigenvalue weighted by molar-refractivity contribution is 8.13. The number of urea groups is 1. The summed E-state index contributed by atoms with van der Waals surface area (Å²) >= 11 is 1.68. The number of thioether (sulfide) groups is 1. The summed E-state index contributed by atoms with van der Waals surface area (Å²) in [5.41, 5.74) is 3.33. The van der Waals surface area contributed by atoms with Gasteiger partial charge in [0.05, 0.1) is 23.9 Å². The summed E-state index contributed by atoms with van der Waals surface area (Å²) in [7, 11) is 0. The smallest absolute Gasteiger partial charge is 0.325 e. The summed E-state index contributed by atoms with van der Waals surface area (Å²) in [6.45, 7) is 4.36. The summed E-state index contributed by atoms with van der Waals surface area (Å²) in [6.07, 6.45) is 0.973. The van der Waals surface area contributed by atoms with E-state index in [9.17, 15) is 14.4 Å². The first kappa shape index (κ1) is 25.3. The SMILES string of the molecule is CCOC(=O)CNC(=O)Nc1cccc(C2C(C(=O)Nc3ccccc3)=C(C)N=C3SCCCN32)c1. The molecular weight excluding hydrogens is 478 g/mol. The Kier molecular flexibility index (Phi) is 8.27. The molecule has 0 radical (unpaired) electrons. The standard InChI is InChI=1S/C26H29N5O4S/c1-3-35-21(32)16-27-25(34)30-20-12-7-9-18(15-20)23-22(24(33)29-19-10-5-4-6-11-19)17(2)28-26-31(23)13-8-14-36-26/h4-7,9-12,15,23H,3,8,13-14,16H2,1-2H3,(H,29,33)(H2,27,30,34). The fourth-order valence-electron chi connectivity index (χ4n) is 4.15. The minimum Gasteiger partial charge on any atom is -0.465 e. The lowest BCUT2D eigenvalue weighted by atomic mass is 9.93. The van der Waals surface area contributed by atoms with Crippen LogP contribution in [0.5, 0.6) is 0 Å². The van der Waals surface area contributed by atoms with E-state index in [0.717, 1.165) is 29.4 Å². The molecule has 2 heterocycles. The lowest BCUT2D eigenvalue weighted by Crippen LogP contribution is -2.43. The van der Waals surface area contributed by atoms with Gasteiger partial charge in [0.1, 0.15) is 6.54 Å². The number of amides is 3. The lowest BCUT2D eigenvalue weighted by molar-refractivity contribution is -0.141. The molecule has 3 N–H and O–H groups in total. The van der Waals surface area contributed by atoms with E-state index in [4.69, 9.17) is 9.73 Å². The molecule has 2 aromatic rings. The van der Waals surface area contributed by atoms with Crippen LogP contribution in [0.3, 0.4) is 0 Å². The molecule has 1 fully saturated rings. The van der Waals surface area contributed by atoms with Gasteiger partial charge in [0, 0.05) is 23.7 Å². The second-order valence-corrected chi connectivity index (χ2v) is 9.31. The van der Waals surface area contributed by atoms with Crippen molar-refractivity contribution in [2.24, 2.45) is 4.99 Å². The Bertz CT molecular complexity index is 1200. The van der Waals surface area contributed by atoms with Gasteiger partial charge in [0.2, 0.25) is 0 Å². The number of carbonyl (C=O) groups is 3. The first-order valence-corrected chi connectivity index (χ1v) is 12.8. The van der Waals surface area contributed by atoms with Crippen molar-refractivity contribution >= 4 is 46.2 Å². The number of aliphatic imine (C=N–C) groups is 1. The van der Waals surface area contributed by atoms with Crippen molar-refractivity contribution in [3.05, 3.63) is 71.4 Å². The van der Waals surface area contributed by atoms with Gasteiger partial charge in [0.15, 0.2) is 5.17 Å². The molecule has 0 aliphatic carbocycles. The fourth-order valence-corrected chi connectivity index (χ4v) is 5.17. The van der Waals surface area contributed by atoms with Crippen LogP contribution in [0.4, 0.5) is 16.2 Å². The number of carbonyl (C=O) groups excluding carboxylic acids is 3. The average Bonchev–Trinajstić information content (AvgIpc) is 2.87. The number of benzene rings is 2. The third kappa shape index (κ3) is 6.06. The molecule has 3 amide bonds. The van der Waals surface area contributed by atoms with Crippen molar-refractivity contribution in [3.8, 4) is 0 Å². The van der Waals surface area contributed by atoms with Gasteiger partial charge in [0.25, 0.3) is 5.91 Å². The van der Waals surface area contributed by atoms with Crippen molar-refractivity contribution < 1.29 is 19.1 Å². The maximum absolute atomic E-state index is 13.5. The van der Waals surface area contributed by atoms with Gasteiger partial charge in [-0.25, -0.2) is 9.79 Å². The van der Waals surface area contributed by atoms with Crippen LogP contribution in [0.25, 0.3) is 0 Å². The number of anilines is 2. The maximum Gasteiger partial charge on any atom is 0.325 e.